The summed E-state index contributed by atoms with van der Waals surface area (Å²) in [4.78, 5) is 25.7. The Morgan fingerprint density at radius 3 is 2.35 bits per heavy atom. The highest BCUT2D eigenvalue weighted by molar-refractivity contribution is 6.34. The summed E-state index contributed by atoms with van der Waals surface area (Å²) in [5.41, 5.74) is 1.89. The maximum atomic E-state index is 12.1. The lowest BCUT2D eigenvalue weighted by atomic mass is 9.92. The maximum Gasteiger partial charge on any atom is 0.244 e. The summed E-state index contributed by atoms with van der Waals surface area (Å²) in [6.45, 7) is 6.76. The van der Waals surface area contributed by atoms with E-state index in [2.05, 4.69) is 10.2 Å². The Morgan fingerprint density at radius 1 is 1.15 bits per heavy atom. The lowest BCUT2D eigenvalue weighted by Gasteiger charge is -2.31. The molecule has 0 bridgehead atoms. The molecule has 1 saturated heterocycles. The molecule has 1 aliphatic heterocycles. The number of carbonyl (C=O) groups excluding carboxylic acids is 2. The van der Waals surface area contributed by atoms with Crippen LogP contribution in [0.25, 0.3) is 0 Å². The Hall–Kier alpha value is -1.36. The smallest absolute Gasteiger partial charge is 0.244 e. The zero-order chi connectivity index (χ0) is 19.1. The molecule has 0 saturated carbocycles. The van der Waals surface area contributed by atoms with Crippen molar-refractivity contribution < 1.29 is 9.59 Å². The zero-order valence-electron chi connectivity index (χ0n) is 15.4. The predicted octanol–water partition coefficient (Wildman–Crippen LogP) is 4.25. The van der Waals surface area contributed by atoms with E-state index in [1.807, 2.05) is 6.92 Å². The number of carbonyl (C=O) groups is 2. The van der Waals surface area contributed by atoms with Crippen molar-refractivity contribution in [2.75, 3.05) is 19.6 Å². The fourth-order valence-electron chi connectivity index (χ4n) is 3.33. The Bertz CT molecular complexity index is 660. The van der Waals surface area contributed by atoms with Crippen molar-refractivity contribution in [3.8, 4) is 0 Å². The second kappa shape index (κ2) is 10.1. The number of rotatable bonds is 7. The van der Waals surface area contributed by atoms with Gasteiger partial charge in [-0.2, -0.15) is 0 Å². The minimum atomic E-state index is -0.120. The van der Waals surface area contributed by atoms with Gasteiger partial charge in [-0.15, -0.1) is 0 Å². The van der Waals surface area contributed by atoms with Crippen LogP contribution in [-0.4, -0.2) is 36.2 Å². The number of benzene rings is 1. The van der Waals surface area contributed by atoms with Crippen LogP contribution in [0.3, 0.4) is 0 Å². The molecule has 0 spiro atoms. The highest BCUT2D eigenvalue weighted by Gasteiger charge is 2.20. The molecule has 0 atom stereocenters. The van der Waals surface area contributed by atoms with Gasteiger partial charge in [-0.25, -0.2) is 0 Å². The molecule has 2 rings (SSSR count). The third-order valence-corrected chi connectivity index (χ3v) is 4.96. The summed E-state index contributed by atoms with van der Waals surface area (Å²) >= 11 is 11.9. The number of halogens is 2. The fourth-order valence-corrected chi connectivity index (χ4v) is 3.90. The second-order valence-electron chi connectivity index (χ2n) is 7.11. The van der Waals surface area contributed by atoms with Crippen molar-refractivity contribution in [3.63, 3.8) is 0 Å². The highest BCUT2D eigenvalue weighted by Crippen LogP contribution is 2.21. The van der Waals surface area contributed by atoms with Crippen molar-refractivity contribution in [3.05, 3.63) is 45.5 Å². The first-order valence-corrected chi connectivity index (χ1v) is 9.69. The van der Waals surface area contributed by atoms with Crippen LogP contribution < -0.4 is 5.32 Å². The number of hydrogen-bond donors (Lipinski definition) is 1. The van der Waals surface area contributed by atoms with E-state index < -0.39 is 0 Å². The van der Waals surface area contributed by atoms with Gasteiger partial charge >= 0.3 is 0 Å². The molecule has 0 aromatic heterocycles. The number of nitrogens with one attached hydrogen (secondary N) is 1. The average molecular weight is 397 g/mol. The van der Waals surface area contributed by atoms with E-state index in [0.29, 0.717) is 28.9 Å². The predicted molar refractivity (Wildman–Crippen MR) is 107 cm³/mol. The Kier molecular flexibility index (Phi) is 8.14. The summed E-state index contributed by atoms with van der Waals surface area (Å²) in [5.74, 6) is 0.670. The maximum absolute atomic E-state index is 12.1. The SMILES string of the molecule is CC(=O)CC1CCN(C/C(C)=C/C(=O)NCc2cc(Cl)cc(Cl)c2)CC1. The number of likely N-dealkylation sites (tertiary alicyclic amines) is 1. The lowest BCUT2D eigenvalue weighted by molar-refractivity contribution is -0.118. The molecule has 4 nitrogen and oxygen atoms in total. The molecule has 1 amide bonds. The number of nitrogens with zero attached hydrogens (tertiary/aromatic N) is 1. The molecule has 1 aromatic carbocycles. The molecule has 1 aliphatic rings. The van der Waals surface area contributed by atoms with E-state index in [-0.39, 0.29) is 11.7 Å². The van der Waals surface area contributed by atoms with Gasteiger partial charge in [-0.05, 0) is 69.5 Å². The number of piperidine rings is 1. The molecule has 1 heterocycles. The quantitative estimate of drug-likeness (QED) is 0.700. The van der Waals surface area contributed by atoms with Gasteiger partial charge in [0.15, 0.2) is 0 Å². The molecule has 0 radical (unpaired) electrons. The molecule has 6 heteroatoms. The topological polar surface area (TPSA) is 49.4 Å². The molecule has 0 unspecified atom stereocenters. The van der Waals surface area contributed by atoms with Gasteiger partial charge in [-0.3, -0.25) is 9.69 Å². The Balaban J connectivity index is 1.76. The Labute approximate surface area is 165 Å². The third kappa shape index (κ3) is 7.48. The van der Waals surface area contributed by atoms with Crippen LogP contribution in [0.15, 0.2) is 29.8 Å². The fraction of sp³-hybridized carbons (Fsp3) is 0.500. The minimum Gasteiger partial charge on any atom is -0.348 e. The van der Waals surface area contributed by atoms with Crippen LogP contribution in [0, 0.1) is 5.92 Å². The summed E-state index contributed by atoms with van der Waals surface area (Å²) in [6.07, 6.45) is 4.44. The lowest BCUT2D eigenvalue weighted by Crippen LogP contribution is -2.35. The summed E-state index contributed by atoms with van der Waals surface area (Å²) < 4.78 is 0. The number of amides is 1. The summed E-state index contributed by atoms with van der Waals surface area (Å²) in [7, 11) is 0. The molecule has 1 fully saturated rings. The minimum absolute atomic E-state index is 0.120. The molecular formula is C20H26Cl2N2O2. The van der Waals surface area contributed by atoms with Crippen LogP contribution in [0.5, 0.6) is 0 Å². The van der Waals surface area contributed by atoms with Gasteiger partial charge < -0.3 is 10.1 Å². The van der Waals surface area contributed by atoms with Gasteiger partial charge in [-0.1, -0.05) is 28.8 Å². The van der Waals surface area contributed by atoms with Crippen LogP contribution in [0.4, 0.5) is 0 Å². The van der Waals surface area contributed by atoms with E-state index in [9.17, 15) is 9.59 Å². The van der Waals surface area contributed by atoms with Gasteiger partial charge in [0.1, 0.15) is 5.78 Å². The number of ketones is 1. The summed E-state index contributed by atoms with van der Waals surface area (Å²) in [5, 5.41) is 3.98. The molecule has 26 heavy (non-hydrogen) atoms. The monoisotopic (exact) mass is 396 g/mol. The van der Waals surface area contributed by atoms with E-state index in [0.717, 1.165) is 43.6 Å². The first-order chi connectivity index (χ1) is 12.3. The molecular weight excluding hydrogens is 371 g/mol. The van der Waals surface area contributed by atoms with Gasteiger partial charge in [0.2, 0.25) is 5.91 Å². The second-order valence-corrected chi connectivity index (χ2v) is 7.98. The van der Waals surface area contributed by atoms with E-state index in [4.69, 9.17) is 23.2 Å². The van der Waals surface area contributed by atoms with Crippen LogP contribution in [0.1, 0.15) is 38.7 Å². The van der Waals surface area contributed by atoms with Gasteiger partial charge in [0.25, 0.3) is 0 Å². The molecule has 1 N–H and O–H groups in total. The van der Waals surface area contributed by atoms with Crippen molar-refractivity contribution in [1.82, 2.24) is 10.2 Å². The van der Waals surface area contributed by atoms with Crippen molar-refractivity contribution in [2.24, 2.45) is 5.92 Å². The van der Waals surface area contributed by atoms with Crippen molar-refractivity contribution >= 4 is 34.9 Å². The van der Waals surface area contributed by atoms with Gasteiger partial charge in [0.05, 0.1) is 0 Å². The molecule has 0 aliphatic carbocycles. The van der Waals surface area contributed by atoms with E-state index >= 15 is 0 Å². The standard InChI is InChI=1S/C20H26Cl2N2O2/c1-14(13-24-5-3-16(4-6-24)8-15(2)25)7-20(26)23-12-17-9-18(21)11-19(22)10-17/h7,9-11,16H,3-6,8,12-13H2,1-2H3,(H,23,26)/b14-7+. The molecule has 142 valence electrons. The van der Waals surface area contributed by atoms with Crippen LogP contribution in [-0.2, 0) is 16.1 Å². The zero-order valence-corrected chi connectivity index (χ0v) is 16.9. The molecule has 1 aromatic rings. The third-order valence-electron chi connectivity index (χ3n) is 4.52. The van der Waals surface area contributed by atoms with E-state index in [1.54, 1.807) is 31.2 Å². The average Bonchev–Trinajstić information content (AvgIpc) is 2.53. The largest absolute Gasteiger partial charge is 0.348 e. The Morgan fingerprint density at radius 2 is 1.77 bits per heavy atom. The number of Topliss-reactive ketones (excluding diaryl/α,β-unsaturated/α-hetero) is 1. The summed E-state index contributed by atoms with van der Waals surface area (Å²) in [6, 6.07) is 5.24. The van der Waals surface area contributed by atoms with E-state index in [1.165, 1.54) is 0 Å². The van der Waals surface area contributed by atoms with Crippen molar-refractivity contribution in [2.45, 2.75) is 39.7 Å². The van der Waals surface area contributed by atoms with Gasteiger partial charge in [0, 0.05) is 35.6 Å². The first kappa shape index (κ1) is 20.9. The van der Waals surface area contributed by atoms with Crippen LogP contribution >= 0.6 is 23.2 Å². The number of hydrogen-bond acceptors (Lipinski definition) is 3. The normalized spacial score (nSPS) is 16.5. The van der Waals surface area contributed by atoms with Crippen molar-refractivity contribution in [1.29, 1.82) is 0 Å². The first-order valence-electron chi connectivity index (χ1n) is 8.93. The highest BCUT2D eigenvalue weighted by atomic mass is 35.5. The van der Waals surface area contributed by atoms with Crippen LogP contribution in [0.2, 0.25) is 10.0 Å².